The minimum Gasteiger partial charge on any atom is -0.466 e. The summed E-state index contributed by atoms with van der Waals surface area (Å²) in [6, 6.07) is 8.99. The molecule has 1 amide bonds. The molecule has 7 heteroatoms. The molecule has 0 radical (unpaired) electrons. The fraction of sp³-hybridized carbons (Fsp3) is 0.409. The van der Waals surface area contributed by atoms with Gasteiger partial charge in [0.05, 0.1) is 23.4 Å². The van der Waals surface area contributed by atoms with E-state index in [0.29, 0.717) is 55.7 Å². The zero-order valence-electron chi connectivity index (χ0n) is 16.6. The van der Waals surface area contributed by atoms with Crippen LogP contribution in [0.1, 0.15) is 37.2 Å². The highest BCUT2D eigenvalue weighted by Gasteiger charge is 2.30. The van der Waals surface area contributed by atoms with Crippen molar-refractivity contribution in [1.29, 1.82) is 0 Å². The minimum atomic E-state index is -0.444. The number of carbonyl (C=O) groups excluding carboxylic acids is 2. The Morgan fingerprint density at radius 1 is 1.14 bits per heavy atom. The summed E-state index contributed by atoms with van der Waals surface area (Å²) in [6.07, 6.45) is 1.17. The van der Waals surface area contributed by atoms with Crippen LogP contribution in [0.2, 0.25) is 0 Å². The number of likely N-dealkylation sites (tertiary alicyclic amines) is 1. The average Bonchev–Trinajstić information content (AvgIpc) is 3.14. The molecule has 0 atom stereocenters. The monoisotopic (exact) mass is 396 g/mol. The number of piperidine rings is 1. The largest absolute Gasteiger partial charge is 0.466 e. The second-order valence-electron chi connectivity index (χ2n) is 7.24. The third-order valence-corrected chi connectivity index (χ3v) is 5.60. The molecule has 0 spiro atoms. The van der Waals surface area contributed by atoms with Crippen molar-refractivity contribution in [3.05, 3.63) is 46.4 Å². The van der Waals surface area contributed by atoms with Gasteiger partial charge in [0.25, 0.3) is 5.91 Å². The molecule has 3 aromatic rings. The number of carbonyl (C=O) groups is 2. The predicted octanol–water partition coefficient (Wildman–Crippen LogP) is 3.18. The average molecular weight is 396 g/mol. The number of hydrogen-bond acceptors (Lipinski definition) is 5. The van der Waals surface area contributed by atoms with Gasteiger partial charge in [-0.25, -0.2) is 4.79 Å². The molecular formula is C22H24N2O5. The second kappa shape index (κ2) is 7.73. The molecule has 152 valence electrons. The van der Waals surface area contributed by atoms with Gasteiger partial charge in [-0.3, -0.25) is 9.59 Å². The van der Waals surface area contributed by atoms with Crippen LogP contribution in [0.5, 0.6) is 0 Å². The summed E-state index contributed by atoms with van der Waals surface area (Å²) in [5.74, 6) is -0.479. The molecule has 0 unspecified atom stereocenters. The first-order chi connectivity index (χ1) is 14.0. The normalized spacial score (nSPS) is 15.2. The fourth-order valence-corrected chi connectivity index (χ4v) is 4.15. The Morgan fingerprint density at radius 2 is 1.86 bits per heavy atom. The summed E-state index contributed by atoms with van der Waals surface area (Å²) in [5, 5.41) is 1.22. The maximum Gasteiger partial charge on any atom is 0.345 e. The van der Waals surface area contributed by atoms with Gasteiger partial charge in [0, 0.05) is 25.0 Å². The maximum atomic E-state index is 13.3. The number of aromatic nitrogens is 1. The van der Waals surface area contributed by atoms with Crippen molar-refractivity contribution in [2.45, 2.75) is 33.2 Å². The van der Waals surface area contributed by atoms with E-state index in [0.717, 1.165) is 10.9 Å². The molecule has 1 aliphatic heterocycles. The Bertz CT molecular complexity index is 1140. The summed E-state index contributed by atoms with van der Waals surface area (Å²) in [6.45, 7) is 5.64. The number of amides is 1. The third-order valence-electron chi connectivity index (χ3n) is 5.60. The van der Waals surface area contributed by atoms with Crippen LogP contribution in [0.3, 0.4) is 0 Å². The van der Waals surface area contributed by atoms with Gasteiger partial charge in [-0.1, -0.05) is 12.1 Å². The van der Waals surface area contributed by atoms with Gasteiger partial charge in [0.2, 0.25) is 0 Å². The second-order valence-corrected chi connectivity index (χ2v) is 7.24. The van der Waals surface area contributed by atoms with Crippen LogP contribution in [0, 0.1) is 5.92 Å². The van der Waals surface area contributed by atoms with Crippen LogP contribution in [0.4, 0.5) is 0 Å². The van der Waals surface area contributed by atoms with E-state index in [2.05, 4.69) is 0 Å². The van der Waals surface area contributed by atoms with Crippen molar-refractivity contribution < 1.29 is 18.7 Å². The first-order valence-corrected chi connectivity index (χ1v) is 10.1. The number of rotatable bonds is 4. The molecule has 29 heavy (non-hydrogen) atoms. The first kappa shape index (κ1) is 19.2. The molecule has 0 N–H and O–H groups in total. The van der Waals surface area contributed by atoms with Crippen LogP contribution >= 0.6 is 0 Å². The highest BCUT2D eigenvalue weighted by atomic mass is 16.5. The van der Waals surface area contributed by atoms with Gasteiger partial charge in [0.1, 0.15) is 11.3 Å². The number of hydrogen-bond donors (Lipinski definition) is 0. The van der Waals surface area contributed by atoms with Crippen LogP contribution < -0.4 is 5.63 Å². The van der Waals surface area contributed by atoms with E-state index < -0.39 is 5.63 Å². The molecule has 1 aliphatic rings. The summed E-state index contributed by atoms with van der Waals surface area (Å²) in [4.78, 5) is 39.5. The van der Waals surface area contributed by atoms with Crippen molar-refractivity contribution in [1.82, 2.24) is 9.47 Å². The predicted molar refractivity (Wildman–Crippen MR) is 109 cm³/mol. The molecular weight excluding hydrogens is 372 g/mol. The summed E-state index contributed by atoms with van der Waals surface area (Å²) < 4.78 is 12.4. The Balaban J connectivity index is 1.69. The van der Waals surface area contributed by atoms with Crippen molar-refractivity contribution in [2.24, 2.45) is 5.92 Å². The van der Waals surface area contributed by atoms with Crippen LogP contribution in [-0.2, 0) is 16.1 Å². The maximum absolute atomic E-state index is 13.3. The van der Waals surface area contributed by atoms with Crippen molar-refractivity contribution in [3.63, 3.8) is 0 Å². The molecule has 0 bridgehead atoms. The van der Waals surface area contributed by atoms with Gasteiger partial charge < -0.3 is 18.6 Å². The fourth-order valence-electron chi connectivity index (χ4n) is 4.15. The molecule has 7 nitrogen and oxygen atoms in total. The third kappa shape index (κ3) is 3.30. The Kier molecular flexibility index (Phi) is 5.13. The lowest BCUT2D eigenvalue weighted by Crippen LogP contribution is -2.41. The highest BCUT2D eigenvalue weighted by molar-refractivity contribution is 6.07. The number of aryl methyl sites for hydroxylation is 1. The van der Waals surface area contributed by atoms with E-state index in [1.807, 2.05) is 29.7 Å². The molecule has 0 saturated carbocycles. The van der Waals surface area contributed by atoms with E-state index in [1.165, 1.54) is 0 Å². The number of ether oxygens (including phenoxy) is 1. The first-order valence-electron chi connectivity index (χ1n) is 10.1. The standard InChI is InChI=1S/C22H24N2O5/c1-3-24-17(20(25)23-11-9-14(10-12-23)21(26)28-4-2)13-16-19(24)15-7-5-6-8-18(15)29-22(16)27/h5-8,13-14H,3-4,9-12H2,1-2H3. The Hall–Kier alpha value is -3.09. The molecule has 2 aromatic heterocycles. The number of fused-ring (bicyclic) bond motifs is 3. The SMILES string of the molecule is CCOC(=O)C1CCN(C(=O)c2cc3c(=O)oc4ccccc4c3n2CC)CC1. The Labute approximate surface area is 167 Å². The molecule has 1 fully saturated rings. The summed E-state index contributed by atoms with van der Waals surface area (Å²) in [7, 11) is 0. The van der Waals surface area contributed by atoms with Gasteiger partial charge in [-0.2, -0.15) is 0 Å². The van der Waals surface area contributed by atoms with Crippen LogP contribution in [0.15, 0.2) is 39.5 Å². The molecule has 0 aliphatic carbocycles. The number of nitrogens with zero attached hydrogens (tertiary/aromatic N) is 2. The summed E-state index contributed by atoms with van der Waals surface area (Å²) in [5.41, 5.74) is 1.26. The quantitative estimate of drug-likeness (QED) is 0.500. The molecule has 1 aromatic carbocycles. The molecule has 4 rings (SSSR count). The van der Waals surface area contributed by atoms with E-state index in [4.69, 9.17) is 9.15 Å². The molecule has 1 saturated heterocycles. The topological polar surface area (TPSA) is 81.8 Å². The van der Waals surface area contributed by atoms with Gasteiger partial charge >= 0.3 is 11.6 Å². The van der Waals surface area contributed by atoms with Crippen LogP contribution in [-0.4, -0.2) is 41.0 Å². The van der Waals surface area contributed by atoms with Crippen molar-refractivity contribution in [2.75, 3.05) is 19.7 Å². The van der Waals surface area contributed by atoms with E-state index in [-0.39, 0.29) is 17.8 Å². The van der Waals surface area contributed by atoms with Crippen molar-refractivity contribution in [3.8, 4) is 0 Å². The smallest absolute Gasteiger partial charge is 0.345 e. The van der Waals surface area contributed by atoms with Gasteiger partial charge in [-0.05, 0) is 44.9 Å². The van der Waals surface area contributed by atoms with Crippen LogP contribution in [0.25, 0.3) is 21.9 Å². The lowest BCUT2D eigenvalue weighted by molar-refractivity contribution is -0.149. The van der Waals surface area contributed by atoms with E-state index in [1.54, 1.807) is 24.0 Å². The highest BCUT2D eigenvalue weighted by Crippen LogP contribution is 2.28. The van der Waals surface area contributed by atoms with Crippen molar-refractivity contribution >= 4 is 33.7 Å². The van der Waals surface area contributed by atoms with Gasteiger partial charge in [0.15, 0.2) is 0 Å². The number of esters is 1. The molecule has 3 heterocycles. The summed E-state index contributed by atoms with van der Waals surface area (Å²) >= 11 is 0. The zero-order chi connectivity index (χ0) is 20.5. The zero-order valence-corrected chi connectivity index (χ0v) is 16.6. The number of para-hydroxylation sites is 1. The lowest BCUT2D eigenvalue weighted by Gasteiger charge is -2.31. The van der Waals surface area contributed by atoms with E-state index in [9.17, 15) is 14.4 Å². The minimum absolute atomic E-state index is 0.131. The van der Waals surface area contributed by atoms with Gasteiger partial charge in [-0.15, -0.1) is 0 Å². The number of benzene rings is 1. The lowest BCUT2D eigenvalue weighted by atomic mass is 9.97. The van der Waals surface area contributed by atoms with E-state index >= 15 is 0 Å². The Morgan fingerprint density at radius 3 is 2.55 bits per heavy atom.